The standard InChI is InChI=1S/C17H19N7O2.C5H10O/c1-18-14-8-13(22-12-6-3-7-19-17(12)26)23-15-11(9-20-24(14)15)16(25)21-10-4-2-5-10;1-6-5-3-2-4-5/h3,6-10,18H,2,4-5H2,1H3,(H,19,26)(H,21,25)(H,22,23);5H,2-4H2,1H3. The summed E-state index contributed by atoms with van der Waals surface area (Å²) in [5.74, 6) is 0.901. The number of anilines is 3. The van der Waals surface area contributed by atoms with Crippen molar-refractivity contribution in [1.29, 1.82) is 0 Å². The Kier molecular flexibility index (Phi) is 6.69. The maximum Gasteiger partial charge on any atom is 0.271 e. The third-order valence-electron chi connectivity index (χ3n) is 5.88. The molecule has 3 aromatic rings. The number of ether oxygens (including phenoxy) is 1. The van der Waals surface area contributed by atoms with Crippen LogP contribution in [0.2, 0.25) is 0 Å². The van der Waals surface area contributed by atoms with Gasteiger partial charge in [0.1, 0.15) is 22.9 Å². The highest BCUT2D eigenvalue weighted by molar-refractivity contribution is 6.00. The van der Waals surface area contributed by atoms with Crippen molar-refractivity contribution in [3.05, 3.63) is 46.5 Å². The number of nitrogens with zero attached hydrogens (tertiary/aromatic N) is 3. The van der Waals surface area contributed by atoms with Gasteiger partial charge in [0.25, 0.3) is 11.5 Å². The summed E-state index contributed by atoms with van der Waals surface area (Å²) in [6.07, 6.45) is 10.8. The molecule has 2 aliphatic carbocycles. The molecular formula is C22H29N7O3. The lowest BCUT2D eigenvalue weighted by Crippen LogP contribution is -2.39. The molecule has 32 heavy (non-hydrogen) atoms. The fourth-order valence-corrected chi connectivity index (χ4v) is 3.45. The second kappa shape index (κ2) is 9.82. The van der Waals surface area contributed by atoms with Crippen LogP contribution in [0, 0.1) is 0 Å². The lowest BCUT2D eigenvalue weighted by atomic mass is 9.93. The smallest absolute Gasteiger partial charge is 0.271 e. The first kappa shape index (κ1) is 21.8. The fraction of sp³-hybridized carbons (Fsp3) is 0.455. The lowest BCUT2D eigenvalue weighted by molar-refractivity contribution is 0.0412. The van der Waals surface area contributed by atoms with E-state index in [2.05, 4.69) is 31.0 Å². The molecule has 2 aliphatic rings. The summed E-state index contributed by atoms with van der Waals surface area (Å²) < 4.78 is 6.55. The molecule has 0 spiro atoms. The second-order valence-corrected chi connectivity index (χ2v) is 8.00. The van der Waals surface area contributed by atoms with Gasteiger partial charge in [0.2, 0.25) is 0 Å². The van der Waals surface area contributed by atoms with Crippen molar-refractivity contribution in [2.24, 2.45) is 0 Å². The van der Waals surface area contributed by atoms with Gasteiger partial charge in [-0.2, -0.15) is 9.61 Å². The molecule has 0 aliphatic heterocycles. The van der Waals surface area contributed by atoms with Gasteiger partial charge in [-0.1, -0.05) is 0 Å². The van der Waals surface area contributed by atoms with Crippen molar-refractivity contribution in [2.75, 3.05) is 24.8 Å². The normalized spacial score (nSPS) is 15.8. The predicted molar refractivity (Wildman–Crippen MR) is 123 cm³/mol. The first-order valence-corrected chi connectivity index (χ1v) is 10.9. The molecule has 3 aromatic heterocycles. The molecule has 170 valence electrons. The van der Waals surface area contributed by atoms with Crippen LogP contribution >= 0.6 is 0 Å². The number of amides is 1. The molecule has 0 saturated heterocycles. The number of H-pyrrole nitrogens is 1. The van der Waals surface area contributed by atoms with Crippen LogP contribution in [0.1, 0.15) is 48.9 Å². The number of carbonyl (C=O) groups is 1. The first-order chi connectivity index (χ1) is 15.6. The summed E-state index contributed by atoms with van der Waals surface area (Å²) in [5, 5.41) is 13.3. The van der Waals surface area contributed by atoms with Crippen molar-refractivity contribution in [3.8, 4) is 0 Å². The van der Waals surface area contributed by atoms with Crippen LogP contribution in [0.5, 0.6) is 0 Å². The van der Waals surface area contributed by atoms with E-state index < -0.39 is 0 Å². The van der Waals surface area contributed by atoms with E-state index in [4.69, 9.17) is 4.74 Å². The molecule has 5 rings (SSSR count). The Hall–Kier alpha value is -3.40. The number of hydrogen-bond donors (Lipinski definition) is 4. The van der Waals surface area contributed by atoms with Crippen LogP contribution in [-0.4, -0.2) is 51.8 Å². The number of methoxy groups -OCH3 is 1. The van der Waals surface area contributed by atoms with E-state index in [1.165, 1.54) is 25.5 Å². The van der Waals surface area contributed by atoms with Crippen LogP contribution in [0.25, 0.3) is 5.65 Å². The van der Waals surface area contributed by atoms with Gasteiger partial charge in [0.05, 0.1) is 12.3 Å². The predicted octanol–water partition coefficient (Wildman–Crippen LogP) is 2.67. The van der Waals surface area contributed by atoms with E-state index in [0.717, 1.165) is 19.3 Å². The molecule has 3 heterocycles. The molecule has 2 saturated carbocycles. The Labute approximate surface area is 185 Å². The number of rotatable bonds is 6. The zero-order chi connectivity index (χ0) is 22.5. The maximum absolute atomic E-state index is 12.5. The largest absolute Gasteiger partial charge is 0.381 e. The molecule has 0 atom stereocenters. The molecule has 1 amide bonds. The van der Waals surface area contributed by atoms with E-state index >= 15 is 0 Å². The number of aromatic nitrogens is 4. The van der Waals surface area contributed by atoms with Gasteiger partial charge < -0.3 is 25.7 Å². The van der Waals surface area contributed by atoms with Crippen LogP contribution < -0.4 is 21.5 Å². The Morgan fingerprint density at radius 2 is 2.03 bits per heavy atom. The minimum atomic E-state index is -0.253. The molecular weight excluding hydrogens is 410 g/mol. The number of pyridine rings is 1. The average Bonchev–Trinajstić information content (AvgIpc) is 3.15. The third kappa shape index (κ3) is 4.75. The van der Waals surface area contributed by atoms with E-state index in [9.17, 15) is 9.59 Å². The summed E-state index contributed by atoms with van der Waals surface area (Å²) in [4.78, 5) is 31.5. The van der Waals surface area contributed by atoms with E-state index in [-0.39, 0.29) is 17.5 Å². The van der Waals surface area contributed by atoms with Gasteiger partial charge in [0.15, 0.2) is 5.65 Å². The summed E-state index contributed by atoms with van der Waals surface area (Å²) >= 11 is 0. The Balaban J connectivity index is 0.000000354. The SMILES string of the molecule is CNc1cc(Nc2ccc[nH]c2=O)nc2c(C(=O)NC3CCC3)cnn12.COC1CCC1. The van der Waals surface area contributed by atoms with Crippen molar-refractivity contribution in [3.63, 3.8) is 0 Å². The molecule has 2 fully saturated rings. The Morgan fingerprint density at radius 3 is 2.59 bits per heavy atom. The molecule has 4 N–H and O–H groups in total. The van der Waals surface area contributed by atoms with Crippen LogP contribution in [0.3, 0.4) is 0 Å². The monoisotopic (exact) mass is 439 g/mol. The lowest BCUT2D eigenvalue weighted by Gasteiger charge is -2.26. The minimum absolute atomic E-state index is 0.186. The number of fused-ring (bicyclic) bond motifs is 1. The Bertz CT molecular complexity index is 1130. The fourth-order valence-electron chi connectivity index (χ4n) is 3.45. The zero-order valence-corrected chi connectivity index (χ0v) is 18.4. The van der Waals surface area contributed by atoms with E-state index in [1.54, 1.807) is 43.1 Å². The molecule has 0 bridgehead atoms. The van der Waals surface area contributed by atoms with Crippen molar-refractivity contribution in [2.45, 2.75) is 50.7 Å². The van der Waals surface area contributed by atoms with Gasteiger partial charge in [0, 0.05) is 32.5 Å². The Morgan fingerprint density at radius 1 is 1.25 bits per heavy atom. The topological polar surface area (TPSA) is 125 Å². The van der Waals surface area contributed by atoms with Crippen molar-refractivity contribution >= 4 is 28.9 Å². The van der Waals surface area contributed by atoms with Gasteiger partial charge in [-0.05, 0) is 50.7 Å². The summed E-state index contributed by atoms with van der Waals surface area (Å²) in [7, 11) is 3.54. The van der Waals surface area contributed by atoms with E-state index in [1.807, 2.05) is 0 Å². The minimum Gasteiger partial charge on any atom is -0.381 e. The summed E-state index contributed by atoms with van der Waals surface area (Å²) in [6, 6.07) is 5.33. The molecule has 0 aromatic carbocycles. The summed E-state index contributed by atoms with van der Waals surface area (Å²) in [6.45, 7) is 0. The molecule has 10 nitrogen and oxygen atoms in total. The van der Waals surface area contributed by atoms with Gasteiger partial charge in [-0.15, -0.1) is 0 Å². The van der Waals surface area contributed by atoms with Crippen LogP contribution in [0.15, 0.2) is 35.4 Å². The number of nitrogens with one attached hydrogen (secondary N) is 4. The van der Waals surface area contributed by atoms with E-state index in [0.29, 0.717) is 34.6 Å². The van der Waals surface area contributed by atoms with Gasteiger partial charge >= 0.3 is 0 Å². The highest BCUT2D eigenvalue weighted by Gasteiger charge is 2.23. The highest BCUT2D eigenvalue weighted by atomic mass is 16.5. The third-order valence-corrected chi connectivity index (χ3v) is 5.88. The zero-order valence-electron chi connectivity index (χ0n) is 18.4. The second-order valence-electron chi connectivity index (χ2n) is 8.00. The van der Waals surface area contributed by atoms with Crippen LogP contribution in [0.4, 0.5) is 17.3 Å². The van der Waals surface area contributed by atoms with Gasteiger partial charge in [-0.3, -0.25) is 9.59 Å². The maximum atomic E-state index is 12.5. The average molecular weight is 440 g/mol. The number of carbonyl (C=O) groups excluding carboxylic acids is 1. The van der Waals surface area contributed by atoms with Crippen LogP contribution in [-0.2, 0) is 4.74 Å². The first-order valence-electron chi connectivity index (χ1n) is 10.9. The van der Waals surface area contributed by atoms with Gasteiger partial charge in [-0.25, -0.2) is 4.98 Å². The molecule has 10 heteroatoms. The van der Waals surface area contributed by atoms with Crippen molar-refractivity contribution < 1.29 is 9.53 Å². The molecule has 0 unspecified atom stereocenters. The number of aromatic amines is 1. The quantitative estimate of drug-likeness (QED) is 0.465. The number of hydrogen-bond acceptors (Lipinski definition) is 7. The van der Waals surface area contributed by atoms with Crippen molar-refractivity contribution in [1.82, 2.24) is 24.9 Å². The molecule has 0 radical (unpaired) electrons. The highest BCUT2D eigenvalue weighted by Crippen LogP contribution is 2.23. The summed E-state index contributed by atoms with van der Waals surface area (Å²) in [5.41, 5.74) is 0.936.